The number of hydrogen-bond acceptors (Lipinski definition) is 5. The van der Waals surface area contributed by atoms with Crippen molar-refractivity contribution in [2.45, 2.75) is 18.5 Å². The van der Waals surface area contributed by atoms with Crippen LogP contribution >= 0.6 is 0 Å². The first-order chi connectivity index (χ1) is 6.06. The maximum atomic E-state index is 6.14. The quantitative estimate of drug-likeness (QED) is 0.456. The van der Waals surface area contributed by atoms with Crippen LogP contribution in [-0.4, -0.2) is 50.0 Å². The maximum absolute atomic E-state index is 6.14. The van der Waals surface area contributed by atoms with Crippen molar-refractivity contribution in [3.63, 3.8) is 0 Å². The number of piperidine rings is 1. The Bertz CT molecular complexity index is 154. The van der Waals surface area contributed by atoms with E-state index < -0.39 is 0 Å². The lowest BCUT2D eigenvalue weighted by molar-refractivity contribution is -0.155. The van der Waals surface area contributed by atoms with Gasteiger partial charge in [0.15, 0.2) is 0 Å². The highest BCUT2D eigenvalue weighted by molar-refractivity contribution is 4.84. The zero-order chi connectivity index (χ0) is 9.90. The van der Waals surface area contributed by atoms with Gasteiger partial charge >= 0.3 is 0 Å². The molecule has 1 rings (SSSR count). The number of nitrogens with zero attached hydrogens (tertiary/aromatic N) is 2. The predicted octanol–water partition coefficient (Wildman–Crippen LogP) is -0.635. The largest absolute Gasteiger partial charge is 0.312 e. The van der Waals surface area contributed by atoms with Crippen LogP contribution < -0.4 is 11.2 Å². The summed E-state index contributed by atoms with van der Waals surface area (Å²) in [7, 11) is 5.61. The molecular weight excluding hydrogens is 168 g/mol. The fraction of sp³-hybridized carbons (Fsp3) is 1.00. The third kappa shape index (κ3) is 3.21. The number of hydroxylamine groups is 2. The Morgan fingerprint density at radius 2 is 1.92 bits per heavy atom. The van der Waals surface area contributed by atoms with E-state index in [0.29, 0.717) is 0 Å². The number of rotatable bonds is 3. The highest BCUT2D eigenvalue weighted by Crippen LogP contribution is 2.16. The summed E-state index contributed by atoms with van der Waals surface area (Å²) in [4.78, 5) is 5.13. The summed E-state index contributed by atoms with van der Waals surface area (Å²) in [6, 6.07) is 0. The second-order valence-corrected chi connectivity index (χ2v) is 3.77. The van der Waals surface area contributed by atoms with Crippen LogP contribution in [0.3, 0.4) is 0 Å². The summed E-state index contributed by atoms with van der Waals surface area (Å²) in [5.74, 6) is 0. The number of nitrogens with two attached hydrogens (primary N) is 1. The van der Waals surface area contributed by atoms with Crippen LogP contribution in [0.4, 0.5) is 0 Å². The molecular formula is C8H20N4O. The van der Waals surface area contributed by atoms with Crippen LogP contribution in [0.25, 0.3) is 0 Å². The molecule has 1 aliphatic heterocycles. The molecule has 5 heteroatoms. The smallest absolute Gasteiger partial charge is 0.0820 e. The Morgan fingerprint density at radius 1 is 1.38 bits per heavy atom. The molecule has 0 atom stereocenters. The van der Waals surface area contributed by atoms with Gasteiger partial charge in [-0.2, -0.15) is 5.06 Å². The van der Waals surface area contributed by atoms with Crippen molar-refractivity contribution in [1.29, 1.82) is 0 Å². The average Bonchev–Trinajstić information content (AvgIpc) is 2.04. The van der Waals surface area contributed by atoms with E-state index in [9.17, 15) is 0 Å². The molecule has 1 aliphatic rings. The molecule has 1 heterocycles. The van der Waals surface area contributed by atoms with E-state index in [1.165, 1.54) is 0 Å². The van der Waals surface area contributed by atoms with Crippen molar-refractivity contribution in [1.82, 2.24) is 15.5 Å². The lowest BCUT2D eigenvalue weighted by Gasteiger charge is -2.40. The Labute approximate surface area is 79.7 Å². The van der Waals surface area contributed by atoms with Gasteiger partial charge in [0.1, 0.15) is 0 Å². The lowest BCUT2D eigenvalue weighted by atomic mass is 10.00. The van der Waals surface area contributed by atoms with E-state index in [1.54, 1.807) is 7.11 Å². The van der Waals surface area contributed by atoms with Crippen LogP contribution in [0.5, 0.6) is 0 Å². The van der Waals surface area contributed by atoms with E-state index in [0.717, 1.165) is 25.9 Å². The van der Waals surface area contributed by atoms with E-state index in [1.807, 2.05) is 24.2 Å². The minimum absolute atomic E-state index is 0.265. The first-order valence-corrected chi connectivity index (χ1v) is 4.59. The molecule has 13 heavy (non-hydrogen) atoms. The SMILES string of the molecule is CON1CCC(N)(NN(C)C)CC1. The molecule has 1 fully saturated rings. The average molecular weight is 188 g/mol. The van der Waals surface area contributed by atoms with Crippen molar-refractivity contribution in [3.8, 4) is 0 Å². The van der Waals surface area contributed by atoms with Gasteiger partial charge in [0, 0.05) is 27.2 Å². The minimum Gasteiger partial charge on any atom is -0.312 e. The molecule has 0 aromatic carbocycles. The Kier molecular flexibility index (Phi) is 3.63. The van der Waals surface area contributed by atoms with E-state index in [-0.39, 0.29) is 5.66 Å². The van der Waals surface area contributed by atoms with Gasteiger partial charge in [-0.3, -0.25) is 0 Å². The standard InChI is InChI=1S/C8H20N4O/c1-11(2)10-8(9)4-6-12(13-3)7-5-8/h10H,4-7,9H2,1-3H3. The first kappa shape index (κ1) is 10.9. The highest BCUT2D eigenvalue weighted by atomic mass is 16.7. The van der Waals surface area contributed by atoms with E-state index in [4.69, 9.17) is 10.6 Å². The van der Waals surface area contributed by atoms with Gasteiger partial charge in [-0.05, 0) is 12.8 Å². The van der Waals surface area contributed by atoms with Gasteiger partial charge in [0.2, 0.25) is 0 Å². The monoisotopic (exact) mass is 188 g/mol. The Balaban J connectivity index is 2.37. The van der Waals surface area contributed by atoms with Gasteiger partial charge in [-0.15, -0.1) is 0 Å². The van der Waals surface area contributed by atoms with Gasteiger partial charge in [-0.1, -0.05) is 0 Å². The maximum Gasteiger partial charge on any atom is 0.0820 e. The first-order valence-electron chi connectivity index (χ1n) is 4.59. The van der Waals surface area contributed by atoms with Crippen molar-refractivity contribution in [2.75, 3.05) is 34.3 Å². The summed E-state index contributed by atoms with van der Waals surface area (Å²) in [5, 5.41) is 3.84. The van der Waals surface area contributed by atoms with E-state index in [2.05, 4.69) is 5.43 Å². The second-order valence-electron chi connectivity index (χ2n) is 3.77. The van der Waals surface area contributed by atoms with Crippen molar-refractivity contribution < 1.29 is 4.84 Å². The fourth-order valence-corrected chi connectivity index (χ4v) is 1.62. The van der Waals surface area contributed by atoms with Gasteiger partial charge in [-0.25, -0.2) is 10.4 Å². The topological polar surface area (TPSA) is 53.8 Å². The molecule has 0 unspecified atom stereocenters. The summed E-state index contributed by atoms with van der Waals surface area (Å²) >= 11 is 0. The van der Waals surface area contributed by atoms with Crippen molar-refractivity contribution in [2.24, 2.45) is 5.73 Å². The summed E-state index contributed by atoms with van der Waals surface area (Å²) < 4.78 is 0. The van der Waals surface area contributed by atoms with Crippen LogP contribution in [0.1, 0.15) is 12.8 Å². The molecule has 5 nitrogen and oxygen atoms in total. The molecule has 1 saturated heterocycles. The lowest BCUT2D eigenvalue weighted by Crippen LogP contribution is -2.62. The zero-order valence-electron chi connectivity index (χ0n) is 8.71. The number of hydrogen-bond donors (Lipinski definition) is 2. The van der Waals surface area contributed by atoms with Gasteiger partial charge < -0.3 is 10.6 Å². The summed E-state index contributed by atoms with van der Waals surface area (Å²) in [6.07, 6.45) is 1.80. The predicted molar refractivity (Wildman–Crippen MR) is 51.6 cm³/mol. The highest BCUT2D eigenvalue weighted by Gasteiger charge is 2.30. The molecule has 0 amide bonds. The van der Waals surface area contributed by atoms with Crippen LogP contribution in [-0.2, 0) is 4.84 Å². The second kappa shape index (κ2) is 4.34. The molecule has 0 aliphatic carbocycles. The Hall–Kier alpha value is -0.200. The number of hydrazine groups is 1. The van der Waals surface area contributed by atoms with E-state index >= 15 is 0 Å². The summed E-state index contributed by atoms with van der Waals surface area (Å²) in [5.41, 5.74) is 9.11. The third-order valence-corrected chi connectivity index (χ3v) is 2.32. The molecule has 0 bridgehead atoms. The minimum atomic E-state index is -0.265. The fourth-order valence-electron chi connectivity index (χ4n) is 1.62. The van der Waals surface area contributed by atoms with Gasteiger partial charge in [0.05, 0.1) is 12.8 Å². The van der Waals surface area contributed by atoms with Crippen LogP contribution in [0.2, 0.25) is 0 Å². The normalized spacial score (nSPS) is 23.8. The van der Waals surface area contributed by atoms with Crippen molar-refractivity contribution in [3.05, 3.63) is 0 Å². The molecule has 3 N–H and O–H groups in total. The molecule has 0 aromatic heterocycles. The zero-order valence-corrected chi connectivity index (χ0v) is 8.71. The van der Waals surface area contributed by atoms with Gasteiger partial charge in [0.25, 0.3) is 0 Å². The third-order valence-electron chi connectivity index (χ3n) is 2.32. The van der Waals surface area contributed by atoms with Crippen LogP contribution in [0, 0.1) is 0 Å². The Morgan fingerprint density at radius 3 is 2.31 bits per heavy atom. The molecule has 0 saturated carbocycles. The molecule has 0 spiro atoms. The number of nitrogens with one attached hydrogen (secondary N) is 1. The molecule has 78 valence electrons. The molecule has 0 aromatic rings. The van der Waals surface area contributed by atoms with Crippen molar-refractivity contribution >= 4 is 0 Å². The van der Waals surface area contributed by atoms with Crippen LogP contribution in [0.15, 0.2) is 0 Å². The summed E-state index contributed by atoms with van der Waals surface area (Å²) in [6.45, 7) is 1.77. The molecule has 0 radical (unpaired) electrons.